The van der Waals surface area contributed by atoms with Crippen LogP contribution in [0.4, 0.5) is 34.1 Å². The molecule has 3 aromatic heterocycles. The first kappa shape index (κ1) is 51.1. The number of hydrogen-bond acceptors (Lipinski definition) is 4. The summed E-state index contributed by atoms with van der Waals surface area (Å²) in [4.78, 5) is 4.60. The second-order valence-electron chi connectivity index (χ2n) is 28.1. The molecule has 0 unspecified atom stereocenters. The third kappa shape index (κ3) is 9.93. The Bertz CT molecular complexity index is 7750. The van der Waals surface area contributed by atoms with Crippen molar-refractivity contribution in [1.82, 2.24) is 13.7 Å². The summed E-state index contributed by atoms with van der Waals surface area (Å²) < 4.78 is 141. The van der Waals surface area contributed by atoms with Crippen LogP contribution < -0.4 is 26.2 Å². The fourth-order valence-corrected chi connectivity index (χ4v) is 17.5. The number of fused-ring (bicyclic) bond motifs is 13. The van der Waals surface area contributed by atoms with Gasteiger partial charge < -0.3 is 23.5 Å². The van der Waals surface area contributed by atoms with Crippen LogP contribution in [0.3, 0.4) is 0 Å². The van der Waals surface area contributed by atoms with Crippen LogP contribution in [0.25, 0.3) is 149 Å². The number of para-hydroxylation sites is 6. The topological polar surface area (TPSA) is 68.8 Å². The molecule has 112 heavy (non-hydrogen) atoms. The van der Waals surface area contributed by atoms with Crippen LogP contribution in [0.1, 0.15) is 30.3 Å². The number of hydrogen-bond donors (Lipinski definition) is 0. The minimum Gasteiger partial charge on any atom is -0.310 e. The van der Waals surface area contributed by atoms with Crippen molar-refractivity contribution in [3.63, 3.8) is 0 Å². The van der Waals surface area contributed by atoms with Crippen LogP contribution in [0.5, 0.6) is 0 Å². The van der Waals surface area contributed by atoms with Gasteiger partial charge in [0.15, 0.2) is 0 Å². The van der Waals surface area contributed by atoms with Crippen molar-refractivity contribution < 1.29 is 19.2 Å². The van der Waals surface area contributed by atoms with E-state index in [1.54, 1.807) is 9.13 Å². The SMILES string of the molecule is [2H]c1c([2H])c([2H])c2c(c1[2H])c1c([2H])c(C#N)c([2H])c([2H])c1n2-c1ccc2c(c1)N(c1c(-c3ccccc3)cccc1-c1ccccc1)c1cc(-c3cc(-c4ccccc4)c4c(c3)c3ccccc3n4-c3ccccc3)cc3c1B2c1ccc(-n2c4c([2H])c([2H])c([2H])c([2H])c4c4c([2H])c(C#N)c([2H])c([2H])c42)cc1N3c1c(-c2ccccc2)cccc1-c1ccccc1. The molecule has 0 saturated carbocycles. The van der Waals surface area contributed by atoms with Gasteiger partial charge in [-0.25, -0.2) is 0 Å². The number of anilines is 6. The largest absolute Gasteiger partial charge is 0.310 e. The molecule has 518 valence electrons. The molecule has 22 rings (SSSR count). The molecule has 0 aliphatic carbocycles. The van der Waals surface area contributed by atoms with E-state index < -0.39 is 102 Å². The van der Waals surface area contributed by atoms with Gasteiger partial charge in [-0.05, 0) is 170 Å². The summed E-state index contributed by atoms with van der Waals surface area (Å²) in [6.07, 6.45) is 0. The van der Waals surface area contributed by atoms with E-state index in [1.165, 1.54) is 0 Å². The summed E-state index contributed by atoms with van der Waals surface area (Å²) >= 11 is 0. The number of rotatable bonds is 11. The molecule has 0 fully saturated rings. The van der Waals surface area contributed by atoms with E-state index >= 15 is 0 Å². The summed E-state index contributed by atoms with van der Waals surface area (Å²) in [6.45, 7) is -0.843. The second kappa shape index (κ2) is 25.8. The lowest BCUT2D eigenvalue weighted by Crippen LogP contribution is -2.61. The smallest absolute Gasteiger partial charge is 0.252 e. The zero-order valence-corrected chi connectivity index (χ0v) is 59.6. The molecule has 0 spiro atoms. The molecular weight excluding hydrogens is 1360 g/mol. The molecule has 7 nitrogen and oxygen atoms in total. The Kier molecular flexibility index (Phi) is 11.8. The van der Waals surface area contributed by atoms with E-state index in [2.05, 4.69) is 172 Å². The van der Waals surface area contributed by atoms with Gasteiger partial charge in [0.2, 0.25) is 0 Å². The summed E-state index contributed by atoms with van der Waals surface area (Å²) in [5, 5.41) is 23.0. The number of benzene rings is 17. The van der Waals surface area contributed by atoms with E-state index in [9.17, 15) is 29.7 Å². The average Bonchev–Trinajstić information content (AvgIpc) is 1.34. The van der Waals surface area contributed by atoms with Crippen LogP contribution in [0.2, 0.25) is 0 Å². The molecule has 0 bridgehead atoms. The first-order chi connectivity index (χ1) is 61.4. The monoisotopic (exact) mass is 1440 g/mol. The summed E-state index contributed by atoms with van der Waals surface area (Å²) in [6, 6.07) is 99.4. The Morgan fingerprint density at radius 2 is 0.661 bits per heavy atom. The number of nitrogens with zero attached hydrogens (tertiary/aromatic N) is 7. The van der Waals surface area contributed by atoms with Crippen molar-refractivity contribution >= 4 is 123 Å². The molecule has 2 aliphatic heterocycles. The predicted octanol–water partition coefficient (Wildman–Crippen LogP) is 24.8. The quantitative estimate of drug-likeness (QED) is 0.121. The number of nitriles is 2. The highest BCUT2D eigenvalue weighted by molar-refractivity contribution is 7.00. The van der Waals surface area contributed by atoms with E-state index in [1.807, 2.05) is 158 Å². The van der Waals surface area contributed by atoms with Crippen LogP contribution in [-0.4, -0.2) is 20.4 Å². The van der Waals surface area contributed by atoms with E-state index in [4.69, 9.17) is 0 Å². The maximum atomic E-state index is 10.7. The Labute approximate surface area is 667 Å². The van der Waals surface area contributed by atoms with Crippen LogP contribution in [-0.2, 0) is 0 Å². The molecule has 17 aromatic carbocycles. The first-order valence-corrected chi connectivity index (χ1v) is 37.0. The minimum atomic E-state index is -0.843. The van der Waals surface area contributed by atoms with Gasteiger partial charge >= 0.3 is 0 Å². The molecule has 5 heterocycles. The normalized spacial score (nSPS) is 14.0. The number of aromatic nitrogens is 3. The zero-order valence-electron chi connectivity index (χ0n) is 73.6. The Hall–Kier alpha value is -15.2. The predicted molar refractivity (Wildman–Crippen MR) is 466 cm³/mol. The van der Waals surface area contributed by atoms with Crippen LogP contribution in [0, 0.1) is 22.7 Å². The van der Waals surface area contributed by atoms with Crippen molar-refractivity contribution in [3.05, 3.63) is 399 Å². The third-order valence-corrected chi connectivity index (χ3v) is 22.2. The molecule has 0 N–H and O–H groups in total. The molecule has 8 heteroatoms. The fourth-order valence-electron chi connectivity index (χ4n) is 17.5. The van der Waals surface area contributed by atoms with E-state index in [-0.39, 0.29) is 55.0 Å². The van der Waals surface area contributed by atoms with Gasteiger partial charge in [0.25, 0.3) is 6.71 Å². The van der Waals surface area contributed by atoms with E-state index in [0.29, 0.717) is 33.7 Å². The molecule has 20 aromatic rings. The van der Waals surface area contributed by atoms with Gasteiger partial charge in [-0.3, -0.25) is 0 Å². The standard InChI is InChI=1S/C104H64BN7/c106-65-67-49-55-95-87(57-67)83-39-19-22-46-92(83)108(95)77-51-53-90-97(63-77)111(102-79(69-27-7-1-8-28-69)42-25-43-80(102)70-29-9-2-10-30-70)99-61-75(74-59-86(73-35-15-5-16-36-73)104-89(60-74)85-41-21-24-48-94(85)110(104)76-37-17-6-18-38-76)62-100-101(99)105(90)91-54-52-78(109-93-47-23-20-40-84(93)88-58-68(66-107)50-56-96(88)109)64-98(91)112(100)103-81(71-31-11-3-12-32-71)44-26-45-82(103)72-33-13-4-14-34-72/h1-64H/i19D,20D,22D,23D,39D,40D,46D,47D,49D,50D,55D,56D,57D,58D. The van der Waals surface area contributed by atoms with Crippen molar-refractivity contribution in [2.24, 2.45) is 0 Å². The van der Waals surface area contributed by atoms with Crippen LogP contribution >= 0.6 is 0 Å². The first-order valence-electron chi connectivity index (χ1n) is 44.0. The molecule has 0 amide bonds. The molecule has 0 saturated heterocycles. The lowest BCUT2D eigenvalue weighted by molar-refractivity contribution is 1.17. The van der Waals surface area contributed by atoms with Gasteiger partial charge in [-0.15, -0.1) is 0 Å². The van der Waals surface area contributed by atoms with Crippen molar-refractivity contribution in [2.75, 3.05) is 9.80 Å². The second-order valence-corrected chi connectivity index (χ2v) is 28.1. The maximum absolute atomic E-state index is 10.7. The van der Waals surface area contributed by atoms with Gasteiger partial charge in [0.1, 0.15) is 0 Å². The summed E-state index contributed by atoms with van der Waals surface area (Å²) in [7, 11) is 0. The highest BCUT2D eigenvalue weighted by atomic mass is 15.2. The van der Waals surface area contributed by atoms with Crippen molar-refractivity contribution in [2.45, 2.75) is 0 Å². The fraction of sp³-hybridized carbons (Fsp3) is 0. The molecule has 0 atom stereocenters. The molecule has 0 radical (unpaired) electrons. The third-order valence-electron chi connectivity index (χ3n) is 22.2. The minimum absolute atomic E-state index is 0.0881. The molecular formula is C104H64BN7. The van der Waals surface area contributed by atoms with Gasteiger partial charge in [-0.1, -0.05) is 273 Å². The maximum Gasteiger partial charge on any atom is 0.252 e. The van der Waals surface area contributed by atoms with Crippen molar-refractivity contribution in [3.8, 4) is 96.0 Å². The summed E-state index contributed by atoms with van der Waals surface area (Å²) in [5.41, 5.74) is 18.3. The zero-order chi connectivity index (χ0) is 86.3. The summed E-state index contributed by atoms with van der Waals surface area (Å²) in [5.74, 6) is 0. The van der Waals surface area contributed by atoms with Gasteiger partial charge in [0, 0.05) is 99.9 Å². The van der Waals surface area contributed by atoms with E-state index in [0.717, 1.165) is 111 Å². The Morgan fingerprint density at radius 3 is 1.11 bits per heavy atom. The lowest BCUT2D eigenvalue weighted by atomic mass is 9.33. The lowest BCUT2D eigenvalue weighted by Gasteiger charge is -2.46. The highest BCUT2D eigenvalue weighted by Gasteiger charge is 2.46. The van der Waals surface area contributed by atoms with Crippen LogP contribution in [0.15, 0.2) is 388 Å². The van der Waals surface area contributed by atoms with Crippen molar-refractivity contribution in [1.29, 1.82) is 10.5 Å². The van der Waals surface area contributed by atoms with Gasteiger partial charge in [0.05, 0.1) is 86.9 Å². The Balaban J connectivity index is 0.968. The highest BCUT2D eigenvalue weighted by Crippen LogP contribution is 2.55. The molecule has 2 aliphatic rings. The average molecular weight is 1440 g/mol. The van der Waals surface area contributed by atoms with Gasteiger partial charge in [-0.2, -0.15) is 10.5 Å². The Morgan fingerprint density at radius 1 is 0.268 bits per heavy atom.